The standard InChI is InChI=1S/C22H24N2O/c1-15-6-5-7-16(12-15)19(13-22(25)23-17-10-11-17)20-14-24(2)21-9-4-3-8-18(20)21/h3-9,12,14,17,19H,10-11,13H2,1-2H3,(H,23,25). The predicted molar refractivity (Wildman–Crippen MR) is 102 cm³/mol. The van der Waals surface area contributed by atoms with Gasteiger partial charge in [0.1, 0.15) is 0 Å². The molecule has 0 aliphatic heterocycles. The number of rotatable bonds is 5. The summed E-state index contributed by atoms with van der Waals surface area (Å²) in [4.78, 5) is 12.6. The second-order valence-electron chi connectivity index (χ2n) is 7.23. The van der Waals surface area contributed by atoms with Crippen LogP contribution in [-0.4, -0.2) is 16.5 Å². The SMILES string of the molecule is Cc1cccc(C(CC(=O)NC2CC2)c2cn(C)c3ccccc23)c1. The van der Waals surface area contributed by atoms with Gasteiger partial charge in [-0.15, -0.1) is 0 Å². The molecule has 1 aliphatic rings. The first-order valence-corrected chi connectivity index (χ1v) is 9.01. The van der Waals surface area contributed by atoms with E-state index >= 15 is 0 Å². The van der Waals surface area contributed by atoms with Crippen LogP contribution in [0.25, 0.3) is 10.9 Å². The molecule has 1 amide bonds. The van der Waals surface area contributed by atoms with Gasteiger partial charge in [0.05, 0.1) is 0 Å². The molecule has 1 fully saturated rings. The lowest BCUT2D eigenvalue weighted by atomic mass is 9.87. The van der Waals surface area contributed by atoms with Crippen LogP contribution in [0.15, 0.2) is 54.7 Å². The molecule has 0 saturated heterocycles. The van der Waals surface area contributed by atoms with Gasteiger partial charge in [-0.1, -0.05) is 48.0 Å². The molecular formula is C22H24N2O. The quantitative estimate of drug-likeness (QED) is 0.743. The molecule has 1 aliphatic carbocycles. The van der Waals surface area contributed by atoms with Gasteiger partial charge in [-0.3, -0.25) is 4.79 Å². The topological polar surface area (TPSA) is 34.0 Å². The summed E-state index contributed by atoms with van der Waals surface area (Å²) in [6.45, 7) is 2.11. The van der Waals surface area contributed by atoms with Crippen molar-refractivity contribution in [3.05, 3.63) is 71.4 Å². The second-order valence-corrected chi connectivity index (χ2v) is 7.23. The van der Waals surface area contributed by atoms with Crippen molar-refractivity contribution in [3.63, 3.8) is 0 Å². The number of carbonyl (C=O) groups excluding carboxylic acids is 1. The molecule has 0 bridgehead atoms. The van der Waals surface area contributed by atoms with Crippen LogP contribution in [0.4, 0.5) is 0 Å². The van der Waals surface area contributed by atoms with E-state index in [4.69, 9.17) is 0 Å². The summed E-state index contributed by atoms with van der Waals surface area (Å²) in [5.41, 5.74) is 4.88. The Bertz CT molecular complexity index is 921. The van der Waals surface area contributed by atoms with E-state index in [-0.39, 0.29) is 11.8 Å². The highest BCUT2D eigenvalue weighted by Gasteiger charge is 2.27. The lowest BCUT2D eigenvalue weighted by Crippen LogP contribution is -2.27. The fourth-order valence-corrected chi connectivity index (χ4v) is 3.64. The summed E-state index contributed by atoms with van der Waals surface area (Å²) in [7, 11) is 2.07. The van der Waals surface area contributed by atoms with E-state index in [0.29, 0.717) is 12.5 Å². The van der Waals surface area contributed by atoms with Crippen LogP contribution < -0.4 is 5.32 Å². The number of fused-ring (bicyclic) bond motifs is 1. The Morgan fingerprint density at radius 1 is 1.20 bits per heavy atom. The van der Waals surface area contributed by atoms with Gasteiger partial charge in [0.2, 0.25) is 5.91 Å². The van der Waals surface area contributed by atoms with Crippen LogP contribution in [0.1, 0.15) is 41.9 Å². The summed E-state index contributed by atoms with van der Waals surface area (Å²) in [6.07, 6.45) is 4.92. The van der Waals surface area contributed by atoms with Crippen molar-refractivity contribution in [2.45, 2.75) is 38.1 Å². The van der Waals surface area contributed by atoms with Gasteiger partial charge < -0.3 is 9.88 Å². The van der Waals surface area contributed by atoms with Crippen LogP contribution in [-0.2, 0) is 11.8 Å². The van der Waals surface area contributed by atoms with Crippen LogP contribution in [0.3, 0.4) is 0 Å². The molecule has 3 aromatic rings. The average molecular weight is 332 g/mol. The summed E-state index contributed by atoms with van der Waals surface area (Å²) >= 11 is 0. The molecule has 3 nitrogen and oxygen atoms in total. The van der Waals surface area contributed by atoms with Crippen LogP contribution in [0, 0.1) is 6.92 Å². The number of aromatic nitrogens is 1. The zero-order valence-corrected chi connectivity index (χ0v) is 14.8. The van der Waals surface area contributed by atoms with Gasteiger partial charge in [0, 0.05) is 42.5 Å². The molecule has 2 aromatic carbocycles. The maximum absolute atomic E-state index is 12.6. The largest absolute Gasteiger partial charge is 0.353 e. The van der Waals surface area contributed by atoms with Crippen molar-refractivity contribution < 1.29 is 4.79 Å². The van der Waals surface area contributed by atoms with Crippen molar-refractivity contribution >= 4 is 16.8 Å². The number of amides is 1. The number of benzene rings is 2. The Morgan fingerprint density at radius 2 is 2.00 bits per heavy atom. The molecule has 128 valence electrons. The Morgan fingerprint density at radius 3 is 2.76 bits per heavy atom. The van der Waals surface area contributed by atoms with E-state index in [9.17, 15) is 4.79 Å². The van der Waals surface area contributed by atoms with Gasteiger partial charge in [0.15, 0.2) is 0 Å². The minimum absolute atomic E-state index is 0.0738. The van der Waals surface area contributed by atoms with E-state index in [1.165, 1.54) is 27.6 Å². The zero-order chi connectivity index (χ0) is 17.4. The molecule has 1 saturated carbocycles. The van der Waals surface area contributed by atoms with Gasteiger partial charge in [0.25, 0.3) is 0 Å². The molecule has 3 heteroatoms. The minimum atomic E-state index is 0.0738. The van der Waals surface area contributed by atoms with E-state index < -0.39 is 0 Å². The minimum Gasteiger partial charge on any atom is -0.353 e. The van der Waals surface area contributed by atoms with Crippen molar-refractivity contribution in [1.29, 1.82) is 0 Å². The molecular weight excluding hydrogens is 308 g/mol. The van der Waals surface area contributed by atoms with Crippen molar-refractivity contribution in [1.82, 2.24) is 9.88 Å². The van der Waals surface area contributed by atoms with Gasteiger partial charge in [-0.25, -0.2) is 0 Å². The average Bonchev–Trinajstić information content (AvgIpc) is 3.35. The van der Waals surface area contributed by atoms with E-state index in [2.05, 4.69) is 78.6 Å². The highest BCUT2D eigenvalue weighted by atomic mass is 16.1. The second kappa shape index (κ2) is 6.40. The Balaban J connectivity index is 1.76. The maximum Gasteiger partial charge on any atom is 0.221 e. The summed E-state index contributed by atoms with van der Waals surface area (Å²) in [5, 5.41) is 4.38. The Kier molecular flexibility index (Phi) is 4.08. The lowest BCUT2D eigenvalue weighted by molar-refractivity contribution is -0.121. The van der Waals surface area contributed by atoms with Crippen LogP contribution >= 0.6 is 0 Å². The number of para-hydroxylation sites is 1. The van der Waals surface area contributed by atoms with Crippen LogP contribution in [0.2, 0.25) is 0 Å². The normalized spacial score (nSPS) is 15.3. The molecule has 25 heavy (non-hydrogen) atoms. The van der Waals surface area contributed by atoms with Crippen molar-refractivity contribution in [3.8, 4) is 0 Å². The van der Waals surface area contributed by atoms with Gasteiger partial charge in [-0.2, -0.15) is 0 Å². The number of nitrogens with zero attached hydrogens (tertiary/aromatic N) is 1. The monoisotopic (exact) mass is 332 g/mol. The van der Waals surface area contributed by atoms with E-state index in [1.807, 2.05) is 0 Å². The smallest absolute Gasteiger partial charge is 0.221 e. The molecule has 1 N–H and O–H groups in total. The summed E-state index contributed by atoms with van der Waals surface area (Å²) in [6, 6.07) is 17.4. The third-order valence-electron chi connectivity index (χ3n) is 5.08. The molecule has 1 heterocycles. The fourth-order valence-electron chi connectivity index (χ4n) is 3.64. The van der Waals surface area contributed by atoms with Crippen molar-refractivity contribution in [2.75, 3.05) is 0 Å². The number of hydrogen-bond donors (Lipinski definition) is 1. The highest BCUT2D eigenvalue weighted by Crippen LogP contribution is 2.35. The van der Waals surface area contributed by atoms with E-state index in [1.54, 1.807) is 0 Å². The number of nitrogens with one attached hydrogen (secondary N) is 1. The molecule has 0 radical (unpaired) electrons. The Hall–Kier alpha value is -2.55. The van der Waals surface area contributed by atoms with Crippen LogP contribution in [0.5, 0.6) is 0 Å². The first-order chi connectivity index (χ1) is 12.1. The highest BCUT2D eigenvalue weighted by molar-refractivity contribution is 5.86. The lowest BCUT2D eigenvalue weighted by Gasteiger charge is -2.18. The number of hydrogen-bond acceptors (Lipinski definition) is 1. The maximum atomic E-state index is 12.6. The molecule has 1 atom stereocenters. The molecule has 1 unspecified atom stereocenters. The van der Waals surface area contributed by atoms with Gasteiger partial charge >= 0.3 is 0 Å². The zero-order valence-electron chi connectivity index (χ0n) is 14.8. The Labute approximate surface area is 148 Å². The summed E-state index contributed by atoms with van der Waals surface area (Å²) in [5.74, 6) is 0.228. The summed E-state index contributed by atoms with van der Waals surface area (Å²) < 4.78 is 2.16. The molecule has 0 spiro atoms. The third kappa shape index (κ3) is 3.32. The molecule has 4 rings (SSSR count). The first-order valence-electron chi connectivity index (χ1n) is 9.01. The molecule has 1 aromatic heterocycles. The predicted octanol–water partition coefficient (Wildman–Crippen LogP) is 4.29. The first kappa shape index (κ1) is 15.9. The fraction of sp³-hybridized carbons (Fsp3) is 0.318. The van der Waals surface area contributed by atoms with Crippen molar-refractivity contribution in [2.24, 2.45) is 7.05 Å². The third-order valence-corrected chi connectivity index (χ3v) is 5.08. The van der Waals surface area contributed by atoms with E-state index in [0.717, 1.165) is 12.8 Å². The number of aryl methyl sites for hydroxylation is 2. The van der Waals surface area contributed by atoms with Gasteiger partial charge in [-0.05, 0) is 37.0 Å². The number of carbonyl (C=O) groups is 1.